The number of guanidine groups is 1. The first-order valence-corrected chi connectivity index (χ1v) is 8.95. The number of aromatic nitrogens is 1. The highest BCUT2D eigenvalue weighted by Gasteiger charge is 2.11. The molecular weight excluding hydrogens is 333 g/mol. The number of nitrogens with one attached hydrogen (secondary N) is 2. The van der Waals surface area contributed by atoms with E-state index in [1.54, 1.807) is 0 Å². The molecule has 0 spiro atoms. The SMILES string of the molecule is CCNC(=NCc1cc(Cl)c(Cl)n1C)NCC(C)N(CC)CC. The zero-order valence-electron chi connectivity index (χ0n) is 14.8. The zero-order valence-corrected chi connectivity index (χ0v) is 16.3. The summed E-state index contributed by atoms with van der Waals surface area (Å²) in [7, 11) is 1.89. The molecule has 2 N–H and O–H groups in total. The first-order valence-electron chi connectivity index (χ1n) is 8.20. The van der Waals surface area contributed by atoms with E-state index in [0.717, 1.165) is 37.8 Å². The Kier molecular flexibility index (Phi) is 8.81. The molecule has 1 unspecified atom stereocenters. The van der Waals surface area contributed by atoms with Gasteiger partial charge in [0, 0.05) is 31.9 Å². The van der Waals surface area contributed by atoms with Crippen LogP contribution < -0.4 is 10.6 Å². The summed E-state index contributed by atoms with van der Waals surface area (Å²) >= 11 is 12.1. The van der Waals surface area contributed by atoms with Gasteiger partial charge in [-0.3, -0.25) is 4.90 Å². The molecule has 23 heavy (non-hydrogen) atoms. The van der Waals surface area contributed by atoms with Crippen molar-refractivity contribution in [2.75, 3.05) is 26.2 Å². The highest BCUT2D eigenvalue weighted by atomic mass is 35.5. The lowest BCUT2D eigenvalue weighted by Gasteiger charge is -2.27. The largest absolute Gasteiger partial charge is 0.357 e. The smallest absolute Gasteiger partial charge is 0.191 e. The Hall–Kier alpha value is -0.910. The molecule has 1 aromatic rings. The van der Waals surface area contributed by atoms with Crippen LogP contribution in [0.3, 0.4) is 0 Å². The Balaban J connectivity index is 2.68. The van der Waals surface area contributed by atoms with Gasteiger partial charge >= 0.3 is 0 Å². The Labute approximate surface area is 150 Å². The number of aliphatic imine (C=N–C) groups is 1. The average Bonchev–Trinajstić information content (AvgIpc) is 2.78. The second-order valence-electron chi connectivity index (χ2n) is 5.48. The fraction of sp³-hybridized carbons (Fsp3) is 0.688. The van der Waals surface area contributed by atoms with Gasteiger partial charge < -0.3 is 15.2 Å². The number of hydrogen-bond acceptors (Lipinski definition) is 2. The standard InChI is InChI=1S/C16H29Cl2N5/c1-6-19-16(20-10-12(4)23(7-2)8-3)21-11-13-9-14(17)15(18)22(13)5/h9,12H,6-8,10-11H2,1-5H3,(H2,19,20,21). The second kappa shape index (κ2) is 10.1. The molecular formula is C16H29Cl2N5. The molecule has 0 aliphatic rings. The van der Waals surface area contributed by atoms with Crippen molar-refractivity contribution in [1.29, 1.82) is 0 Å². The summed E-state index contributed by atoms with van der Waals surface area (Å²) in [6, 6.07) is 2.31. The van der Waals surface area contributed by atoms with E-state index < -0.39 is 0 Å². The second-order valence-corrected chi connectivity index (χ2v) is 6.24. The average molecular weight is 362 g/mol. The van der Waals surface area contributed by atoms with E-state index in [9.17, 15) is 0 Å². The van der Waals surface area contributed by atoms with Crippen LogP contribution in [0.5, 0.6) is 0 Å². The quantitative estimate of drug-likeness (QED) is 0.552. The van der Waals surface area contributed by atoms with Gasteiger partial charge in [0.15, 0.2) is 5.96 Å². The van der Waals surface area contributed by atoms with Gasteiger partial charge in [0.05, 0.1) is 11.6 Å². The van der Waals surface area contributed by atoms with Crippen LogP contribution >= 0.6 is 23.2 Å². The Morgan fingerprint density at radius 2 is 1.91 bits per heavy atom. The summed E-state index contributed by atoms with van der Waals surface area (Å²) < 4.78 is 1.86. The molecule has 0 aromatic carbocycles. The Bertz CT molecular complexity index is 509. The molecule has 0 bridgehead atoms. The monoisotopic (exact) mass is 361 g/mol. The van der Waals surface area contributed by atoms with Crippen molar-refractivity contribution in [2.45, 2.75) is 40.3 Å². The van der Waals surface area contributed by atoms with E-state index in [0.29, 0.717) is 22.8 Å². The lowest BCUT2D eigenvalue weighted by molar-refractivity contribution is 0.231. The van der Waals surface area contributed by atoms with E-state index in [-0.39, 0.29) is 0 Å². The third kappa shape index (κ3) is 5.90. The Morgan fingerprint density at radius 1 is 1.26 bits per heavy atom. The van der Waals surface area contributed by atoms with Crippen LogP contribution in [0.15, 0.2) is 11.1 Å². The predicted octanol–water partition coefficient (Wildman–Crippen LogP) is 3.12. The van der Waals surface area contributed by atoms with Crippen molar-refractivity contribution < 1.29 is 0 Å². The topological polar surface area (TPSA) is 44.6 Å². The summed E-state index contributed by atoms with van der Waals surface area (Å²) in [5.41, 5.74) is 0.981. The van der Waals surface area contributed by atoms with Gasteiger partial charge in [-0.25, -0.2) is 4.99 Å². The first-order chi connectivity index (χ1) is 10.9. The minimum Gasteiger partial charge on any atom is -0.357 e. The first kappa shape index (κ1) is 20.1. The Morgan fingerprint density at radius 3 is 2.39 bits per heavy atom. The van der Waals surface area contributed by atoms with E-state index in [2.05, 4.69) is 48.2 Å². The van der Waals surface area contributed by atoms with Crippen LogP contribution in [-0.2, 0) is 13.6 Å². The zero-order chi connectivity index (χ0) is 17.4. The van der Waals surface area contributed by atoms with Crippen LogP contribution in [-0.4, -0.2) is 47.6 Å². The van der Waals surface area contributed by atoms with Gasteiger partial charge in [0.25, 0.3) is 0 Å². The number of hydrogen-bond donors (Lipinski definition) is 2. The summed E-state index contributed by atoms with van der Waals surface area (Å²) in [5.74, 6) is 0.806. The summed E-state index contributed by atoms with van der Waals surface area (Å²) in [6.07, 6.45) is 0. The van der Waals surface area contributed by atoms with E-state index >= 15 is 0 Å². The molecule has 0 aliphatic heterocycles. The van der Waals surface area contributed by atoms with Gasteiger partial charge in [-0.15, -0.1) is 0 Å². The third-order valence-electron chi connectivity index (χ3n) is 3.96. The molecule has 0 saturated carbocycles. The maximum atomic E-state index is 6.09. The van der Waals surface area contributed by atoms with Crippen LogP contribution in [0, 0.1) is 0 Å². The predicted molar refractivity (Wildman–Crippen MR) is 101 cm³/mol. The normalized spacial score (nSPS) is 13.5. The highest BCUT2D eigenvalue weighted by Crippen LogP contribution is 2.25. The minimum absolute atomic E-state index is 0.452. The number of halogens is 2. The molecule has 0 saturated heterocycles. The van der Waals surface area contributed by atoms with Crippen molar-refractivity contribution in [3.63, 3.8) is 0 Å². The molecule has 1 atom stereocenters. The van der Waals surface area contributed by atoms with Crippen LogP contribution in [0.2, 0.25) is 10.2 Å². The number of nitrogens with zero attached hydrogens (tertiary/aromatic N) is 3. The van der Waals surface area contributed by atoms with Crippen molar-refractivity contribution >= 4 is 29.2 Å². The van der Waals surface area contributed by atoms with Crippen molar-refractivity contribution in [3.8, 4) is 0 Å². The fourth-order valence-corrected chi connectivity index (χ4v) is 2.88. The van der Waals surface area contributed by atoms with Gasteiger partial charge in [-0.2, -0.15) is 0 Å². The molecule has 0 radical (unpaired) electrons. The fourth-order valence-electron chi connectivity index (χ4n) is 2.46. The summed E-state index contributed by atoms with van der Waals surface area (Å²) in [5, 5.41) is 7.78. The molecule has 1 aromatic heterocycles. The number of likely N-dealkylation sites (N-methyl/N-ethyl adjacent to an activating group) is 1. The lowest BCUT2D eigenvalue weighted by Crippen LogP contribution is -2.46. The third-order valence-corrected chi connectivity index (χ3v) is 4.80. The molecule has 5 nitrogen and oxygen atoms in total. The molecule has 0 amide bonds. The van der Waals surface area contributed by atoms with Crippen LogP contribution in [0.1, 0.15) is 33.4 Å². The minimum atomic E-state index is 0.452. The van der Waals surface area contributed by atoms with Crippen molar-refractivity contribution in [2.24, 2.45) is 12.0 Å². The van der Waals surface area contributed by atoms with Gasteiger partial charge in [-0.05, 0) is 33.0 Å². The molecule has 0 fully saturated rings. The van der Waals surface area contributed by atoms with E-state index in [1.165, 1.54) is 0 Å². The summed E-state index contributed by atoms with van der Waals surface area (Å²) in [6.45, 7) is 12.9. The number of rotatable bonds is 8. The lowest BCUT2D eigenvalue weighted by atomic mass is 10.3. The molecule has 1 heterocycles. The molecule has 132 valence electrons. The molecule has 0 aliphatic carbocycles. The van der Waals surface area contributed by atoms with Gasteiger partial charge in [-0.1, -0.05) is 37.0 Å². The van der Waals surface area contributed by atoms with Crippen molar-refractivity contribution in [1.82, 2.24) is 20.1 Å². The van der Waals surface area contributed by atoms with Crippen LogP contribution in [0.4, 0.5) is 0 Å². The van der Waals surface area contributed by atoms with Gasteiger partial charge in [0.2, 0.25) is 0 Å². The maximum Gasteiger partial charge on any atom is 0.191 e. The molecule has 1 rings (SSSR count). The highest BCUT2D eigenvalue weighted by molar-refractivity contribution is 6.41. The molecule has 7 heteroatoms. The maximum absolute atomic E-state index is 6.09. The van der Waals surface area contributed by atoms with Crippen molar-refractivity contribution in [3.05, 3.63) is 21.9 Å². The van der Waals surface area contributed by atoms with Crippen LogP contribution in [0.25, 0.3) is 0 Å². The van der Waals surface area contributed by atoms with E-state index in [1.807, 2.05) is 17.7 Å². The van der Waals surface area contributed by atoms with Gasteiger partial charge in [0.1, 0.15) is 5.15 Å². The summed E-state index contributed by atoms with van der Waals surface area (Å²) in [4.78, 5) is 7.03. The van der Waals surface area contributed by atoms with E-state index in [4.69, 9.17) is 23.2 Å².